The standard InChI is InChI=1S/C19H39N/c1-4-6-7-8-9-10-11-12-13-14-15-16-17-19-20(3)18-5-2/h5H,2,4,6-19H2,1,3H3. The summed E-state index contributed by atoms with van der Waals surface area (Å²) in [4.78, 5) is 2.35. The first-order chi connectivity index (χ1) is 9.81. The Labute approximate surface area is 128 Å². The van der Waals surface area contributed by atoms with Gasteiger partial charge >= 0.3 is 0 Å². The third-order valence-electron chi connectivity index (χ3n) is 4.08. The molecule has 0 spiro atoms. The molecule has 120 valence electrons. The Hall–Kier alpha value is -0.300. The SMILES string of the molecule is C=CCN(C)CCCCCCCCCCCCCCC. The number of nitrogens with zero attached hydrogens (tertiary/aromatic N) is 1. The van der Waals surface area contributed by atoms with Crippen LogP contribution >= 0.6 is 0 Å². The lowest BCUT2D eigenvalue weighted by Crippen LogP contribution is -2.19. The van der Waals surface area contributed by atoms with Gasteiger partial charge < -0.3 is 4.90 Å². The summed E-state index contributed by atoms with van der Waals surface area (Å²) in [5, 5.41) is 0. The molecule has 0 aliphatic heterocycles. The normalized spacial score (nSPS) is 11.2. The average molecular weight is 282 g/mol. The molecule has 0 N–H and O–H groups in total. The van der Waals surface area contributed by atoms with Crippen LogP contribution in [-0.2, 0) is 0 Å². The van der Waals surface area contributed by atoms with E-state index in [4.69, 9.17) is 0 Å². The number of rotatable bonds is 16. The maximum absolute atomic E-state index is 3.77. The molecule has 0 aromatic rings. The highest BCUT2D eigenvalue weighted by Crippen LogP contribution is 2.12. The molecule has 0 unspecified atom stereocenters. The number of hydrogen-bond acceptors (Lipinski definition) is 1. The summed E-state index contributed by atoms with van der Waals surface area (Å²) in [6, 6.07) is 0. The third kappa shape index (κ3) is 15.8. The molecular weight excluding hydrogens is 242 g/mol. The van der Waals surface area contributed by atoms with E-state index >= 15 is 0 Å². The maximum atomic E-state index is 3.77. The molecule has 0 saturated heterocycles. The van der Waals surface area contributed by atoms with Crippen LogP contribution in [0.2, 0.25) is 0 Å². The maximum Gasteiger partial charge on any atom is 0.0157 e. The highest BCUT2D eigenvalue weighted by molar-refractivity contribution is 4.70. The quantitative estimate of drug-likeness (QED) is 0.241. The van der Waals surface area contributed by atoms with Crippen LogP contribution in [0.5, 0.6) is 0 Å². The van der Waals surface area contributed by atoms with Crippen LogP contribution in [0.15, 0.2) is 12.7 Å². The summed E-state index contributed by atoms with van der Waals surface area (Å²) in [5.41, 5.74) is 0. The van der Waals surface area contributed by atoms with E-state index in [1.165, 1.54) is 90.0 Å². The molecule has 0 radical (unpaired) electrons. The molecule has 0 fully saturated rings. The molecular formula is C19H39N. The zero-order valence-electron chi connectivity index (χ0n) is 14.3. The van der Waals surface area contributed by atoms with Crippen molar-refractivity contribution >= 4 is 0 Å². The lowest BCUT2D eigenvalue weighted by atomic mass is 10.0. The first kappa shape index (κ1) is 19.7. The van der Waals surface area contributed by atoms with E-state index in [0.717, 1.165) is 6.54 Å². The van der Waals surface area contributed by atoms with Crippen LogP contribution in [0.25, 0.3) is 0 Å². The van der Waals surface area contributed by atoms with Gasteiger partial charge in [-0.25, -0.2) is 0 Å². The lowest BCUT2D eigenvalue weighted by molar-refractivity contribution is 0.356. The third-order valence-corrected chi connectivity index (χ3v) is 4.08. The highest BCUT2D eigenvalue weighted by atomic mass is 15.1. The van der Waals surface area contributed by atoms with E-state index in [1.54, 1.807) is 0 Å². The summed E-state index contributed by atoms with van der Waals surface area (Å²) < 4.78 is 0. The Morgan fingerprint density at radius 1 is 0.700 bits per heavy atom. The lowest BCUT2D eigenvalue weighted by Gasteiger charge is -2.13. The van der Waals surface area contributed by atoms with E-state index in [0.29, 0.717) is 0 Å². The van der Waals surface area contributed by atoms with Crippen molar-refractivity contribution in [3.63, 3.8) is 0 Å². The second kappa shape index (κ2) is 16.8. The van der Waals surface area contributed by atoms with Crippen molar-refractivity contribution in [3.05, 3.63) is 12.7 Å². The number of hydrogen-bond donors (Lipinski definition) is 0. The predicted octanol–water partition coefficient (Wildman–Crippen LogP) is 6.20. The second-order valence-corrected chi connectivity index (χ2v) is 6.29. The predicted molar refractivity (Wildman–Crippen MR) is 93.4 cm³/mol. The van der Waals surface area contributed by atoms with Crippen LogP contribution in [0.1, 0.15) is 90.4 Å². The van der Waals surface area contributed by atoms with Crippen LogP contribution in [0.3, 0.4) is 0 Å². The molecule has 20 heavy (non-hydrogen) atoms. The van der Waals surface area contributed by atoms with Gasteiger partial charge in [-0.1, -0.05) is 90.0 Å². The van der Waals surface area contributed by atoms with E-state index < -0.39 is 0 Å². The minimum Gasteiger partial charge on any atom is -0.303 e. The fourth-order valence-corrected chi connectivity index (χ4v) is 2.71. The van der Waals surface area contributed by atoms with E-state index in [-0.39, 0.29) is 0 Å². The molecule has 0 rings (SSSR count). The fraction of sp³-hybridized carbons (Fsp3) is 0.895. The minimum atomic E-state index is 1.03. The first-order valence-corrected chi connectivity index (χ1v) is 9.10. The Bertz CT molecular complexity index is 188. The van der Waals surface area contributed by atoms with E-state index in [2.05, 4.69) is 25.5 Å². The highest BCUT2D eigenvalue weighted by Gasteiger charge is 1.96. The molecule has 0 amide bonds. The van der Waals surface area contributed by atoms with Gasteiger partial charge in [0.05, 0.1) is 0 Å². The summed E-state index contributed by atoms with van der Waals surface area (Å²) in [6.07, 6.45) is 20.7. The van der Waals surface area contributed by atoms with E-state index in [1.807, 2.05) is 6.08 Å². The van der Waals surface area contributed by atoms with Gasteiger partial charge in [-0.05, 0) is 20.0 Å². The topological polar surface area (TPSA) is 3.24 Å². The summed E-state index contributed by atoms with van der Waals surface area (Å²) in [7, 11) is 2.18. The zero-order chi connectivity index (χ0) is 14.9. The Morgan fingerprint density at radius 3 is 1.50 bits per heavy atom. The van der Waals surface area contributed by atoms with Crippen molar-refractivity contribution in [1.29, 1.82) is 0 Å². The molecule has 0 aromatic heterocycles. The second-order valence-electron chi connectivity index (χ2n) is 6.29. The molecule has 1 heteroatoms. The van der Waals surface area contributed by atoms with Crippen LogP contribution < -0.4 is 0 Å². The number of unbranched alkanes of at least 4 members (excludes halogenated alkanes) is 12. The van der Waals surface area contributed by atoms with Gasteiger partial charge in [0, 0.05) is 6.54 Å². The van der Waals surface area contributed by atoms with Gasteiger partial charge in [0.15, 0.2) is 0 Å². The van der Waals surface area contributed by atoms with Gasteiger partial charge in [0.25, 0.3) is 0 Å². The summed E-state index contributed by atoms with van der Waals surface area (Å²) in [5.74, 6) is 0. The number of likely N-dealkylation sites (N-methyl/N-ethyl adjacent to an activating group) is 1. The Morgan fingerprint density at radius 2 is 1.10 bits per heavy atom. The van der Waals surface area contributed by atoms with Gasteiger partial charge in [0.1, 0.15) is 0 Å². The van der Waals surface area contributed by atoms with Crippen molar-refractivity contribution in [2.75, 3.05) is 20.1 Å². The molecule has 0 aliphatic rings. The van der Waals surface area contributed by atoms with Crippen molar-refractivity contribution in [2.45, 2.75) is 90.4 Å². The summed E-state index contributed by atoms with van der Waals surface area (Å²) in [6.45, 7) is 8.31. The molecule has 0 bridgehead atoms. The molecule has 0 saturated carbocycles. The Balaban J connectivity index is 3.01. The molecule has 0 heterocycles. The molecule has 0 aliphatic carbocycles. The van der Waals surface area contributed by atoms with Gasteiger partial charge in [-0.2, -0.15) is 0 Å². The zero-order valence-corrected chi connectivity index (χ0v) is 14.3. The van der Waals surface area contributed by atoms with Crippen LogP contribution in [-0.4, -0.2) is 25.0 Å². The van der Waals surface area contributed by atoms with Gasteiger partial charge in [0.2, 0.25) is 0 Å². The van der Waals surface area contributed by atoms with Crippen molar-refractivity contribution in [1.82, 2.24) is 4.90 Å². The monoisotopic (exact) mass is 281 g/mol. The average Bonchev–Trinajstić information content (AvgIpc) is 2.44. The fourth-order valence-electron chi connectivity index (χ4n) is 2.71. The molecule has 1 nitrogen and oxygen atoms in total. The van der Waals surface area contributed by atoms with Crippen LogP contribution in [0, 0.1) is 0 Å². The molecule has 0 aromatic carbocycles. The largest absolute Gasteiger partial charge is 0.303 e. The smallest absolute Gasteiger partial charge is 0.0157 e. The van der Waals surface area contributed by atoms with Crippen molar-refractivity contribution in [3.8, 4) is 0 Å². The van der Waals surface area contributed by atoms with Crippen molar-refractivity contribution < 1.29 is 0 Å². The van der Waals surface area contributed by atoms with Crippen molar-refractivity contribution in [2.24, 2.45) is 0 Å². The minimum absolute atomic E-state index is 1.03. The van der Waals surface area contributed by atoms with Gasteiger partial charge in [-0.15, -0.1) is 6.58 Å². The van der Waals surface area contributed by atoms with Gasteiger partial charge in [-0.3, -0.25) is 0 Å². The first-order valence-electron chi connectivity index (χ1n) is 9.10. The van der Waals surface area contributed by atoms with E-state index in [9.17, 15) is 0 Å². The molecule has 0 atom stereocenters. The Kier molecular flexibility index (Phi) is 16.5. The van der Waals surface area contributed by atoms with Crippen LogP contribution in [0.4, 0.5) is 0 Å². The summed E-state index contributed by atoms with van der Waals surface area (Å²) >= 11 is 0.